The van der Waals surface area contributed by atoms with Gasteiger partial charge in [0.05, 0.1) is 12.5 Å². The molecule has 154 valence electrons. The number of hydrogen-bond acceptors (Lipinski definition) is 5. The second-order valence-electron chi connectivity index (χ2n) is 6.55. The van der Waals surface area contributed by atoms with Crippen LogP contribution in [-0.4, -0.2) is 27.0 Å². The molecule has 9 heteroatoms. The van der Waals surface area contributed by atoms with Gasteiger partial charge in [0.15, 0.2) is 0 Å². The molecule has 29 heavy (non-hydrogen) atoms. The van der Waals surface area contributed by atoms with E-state index < -0.39 is 32.8 Å². The van der Waals surface area contributed by atoms with Crippen molar-refractivity contribution in [2.45, 2.75) is 17.3 Å². The largest absolute Gasteiger partial charge is 0.534 e. The zero-order valence-electron chi connectivity index (χ0n) is 15.2. The average molecular weight is 426 g/mol. The highest BCUT2D eigenvalue weighted by atomic mass is 32.2. The molecule has 0 bridgehead atoms. The van der Waals surface area contributed by atoms with E-state index in [1.165, 1.54) is 19.2 Å². The van der Waals surface area contributed by atoms with Crippen LogP contribution >= 0.6 is 0 Å². The number of alkyl halides is 3. The molecule has 1 fully saturated rings. The Labute approximate surface area is 165 Å². The molecule has 0 saturated heterocycles. The lowest BCUT2D eigenvalue weighted by Gasteiger charge is -2.15. The smallest absolute Gasteiger partial charge is 0.468 e. The highest BCUT2D eigenvalue weighted by Gasteiger charge is 2.61. The quantitative estimate of drug-likeness (QED) is 0.396. The topological polar surface area (TPSA) is 69.7 Å². The Morgan fingerprint density at radius 3 is 2.28 bits per heavy atom. The van der Waals surface area contributed by atoms with Crippen LogP contribution in [0.25, 0.3) is 6.08 Å². The summed E-state index contributed by atoms with van der Waals surface area (Å²) in [6, 6.07) is 14.4. The maximum absolute atomic E-state index is 12.4. The van der Waals surface area contributed by atoms with Crippen LogP contribution in [0.3, 0.4) is 0 Å². The fraction of sp³-hybridized carbons (Fsp3) is 0.250. The van der Waals surface area contributed by atoms with Crippen LogP contribution < -0.4 is 4.18 Å². The third-order valence-corrected chi connectivity index (χ3v) is 5.72. The van der Waals surface area contributed by atoms with Gasteiger partial charge in [0.25, 0.3) is 0 Å². The van der Waals surface area contributed by atoms with Crippen molar-refractivity contribution in [2.24, 2.45) is 5.92 Å². The van der Waals surface area contributed by atoms with E-state index in [1.54, 1.807) is 0 Å². The lowest BCUT2D eigenvalue weighted by Crippen LogP contribution is -2.28. The average Bonchev–Trinajstić information content (AvgIpc) is 3.41. The van der Waals surface area contributed by atoms with Crippen LogP contribution in [-0.2, 0) is 25.1 Å². The van der Waals surface area contributed by atoms with E-state index in [1.807, 2.05) is 42.5 Å². The molecular formula is C20H17F3O5S. The molecule has 3 rings (SSSR count). The SMILES string of the molecule is COC(=O)[C@]1(c2ccc(OS(=O)(=O)C(F)(F)F)cc2)C[C@H]1/C=C/c1ccccc1. The Morgan fingerprint density at radius 2 is 1.72 bits per heavy atom. The Bertz CT molecular complexity index is 1010. The van der Waals surface area contributed by atoms with Gasteiger partial charge < -0.3 is 8.92 Å². The third-order valence-electron chi connectivity index (χ3n) is 4.74. The molecule has 0 amide bonds. The van der Waals surface area contributed by atoms with Crippen LogP contribution in [0.1, 0.15) is 17.5 Å². The molecular weight excluding hydrogens is 409 g/mol. The van der Waals surface area contributed by atoms with Gasteiger partial charge in [-0.05, 0) is 35.6 Å². The van der Waals surface area contributed by atoms with Gasteiger partial charge in [-0.1, -0.05) is 54.6 Å². The summed E-state index contributed by atoms with van der Waals surface area (Å²) in [5, 5.41) is 0. The lowest BCUT2D eigenvalue weighted by atomic mass is 9.93. The molecule has 2 atom stereocenters. The standard InChI is InChI=1S/C20H17F3O5S/c1-27-18(24)19(13-16(19)8-7-14-5-3-2-4-6-14)15-9-11-17(12-10-15)28-29(25,26)20(21,22)23/h2-12,16H,13H2,1H3/b8-7+/t16-,19+/m1/s1. The second-order valence-corrected chi connectivity index (χ2v) is 8.09. The number of esters is 1. The van der Waals surface area contributed by atoms with Gasteiger partial charge in [-0.2, -0.15) is 21.6 Å². The number of benzene rings is 2. The number of ether oxygens (including phenoxy) is 1. The molecule has 2 aromatic carbocycles. The van der Waals surface area contributed by atoms with E-state index in [0.29, 0.717) is 12.0 Å². The summed E-state index contributed by atoms with van der Waals surface area (Å²) in [7, 11) is -4.50. The predicted molar refractivity (Wildman–Crippen MR) is 99.3 cm³/mol. The number of carbonyl (C=O) groups is 1. The summed E-state index contributed by atoms with van der Waals surface area (Å²) in [5.41, 5.74) is -5.03. The summed E-state index contributed by atoms with van der Waals surface area (Å²) in [5.74, 6) is -1.14. The number of carbonyl (C=O) groups excluding carboxylic acids is 1. The molecule has 1 aliphatic carbocycles. The van der Waals surface area contributed by atoms with Gasteiger partial charge in [0, 0.05) is 0 Å². The maximum atomic E-state index is 12.4. The fourth-order valence-electron chi connectivity index (χ4n) is 3.16. The number of methoxy groups -OCH3 is 1. The van der Waals surface area contributed by atoms with Crippen molar-refractivity contribution in [1.82, 2.24) is 0 Å². The van der Waals surface area contributed by atoms with Crippen LogP contribution in [0.4, 0.5) is 13.2 Å². The van der Waals surface area contributed by atoms with E-state index in [4.69, 9.17) is 4.74 Å². The lowest BCUT2D eigenvalue weighted by molar-refractivity contribution is -0.144. The minimum absolute atomic E-state index is 0.166. The van der Waals surface area contributed by atoms with Gasteiger partial charge in [0.1, 0.15) is 5.75 Å². The van der Waals surface area contributed by atoms with E-state index in [2.05, 4.69) is 4.18 Å². The molecule has 0 radical (unpaired) electrons. The summed E-state index contributed by atoms with van der Waals surface area (Å²) in [4.78, 5) is 12.4. The summed E-state index contributed by atoms with van der Waals surface area (Å²) < 4.78 is 68.6. The number of allylic oxidation sites excluding steroid dienone is 1. The van der Waals surface area contributed by atoms with Crippen molar-refractivity contribution in [2.75, 3.05) is 7.11 Å². The van der Waals surface area contributed by atoms with Crippen LogP contribution in [0.15, 0.2) is 60.7 Å². The monoisotopic (exact) mass is 426 g/mol. The first-order valence-corrected chi connectivity index (χ1v) is 9.94. The minimum Gasteiger partial charge on any atom is -0.468 e. The third kappa shape index (κ3) is 4.14. The van der Waals surface area contributed by atoms with Gasteiger partial charge in [0.2, 0.25) is 0 Å². The molecule has 0 aliphatic heterocycles. The normalized spacial score (nSPS) is 21.7. The predicted octanol–water partition coefficient (Wildman–Crippen LogP) is 4.06. The summed E-state index contributed by atoms with van der Waals surface area (Å²) in [6.07, 6.45) is 4.22. The molecule has 1 saturated carbocycles. The fourth-order valence-corrected chi connectivity index (χ4v) is 3.62. The van der Waals surface area contributed by atoms with Crippen molar-refractivity contribution >= 4 is 22.2 Å². The van der Waals surface area contributed by atoms with E-state index >= 15 is 0 Å². The summed E-state index contributed by atoms with van der Waals surface area (Å²) >= 11 is 0. The molecule has 0 heterocycles. The molecule has 0 N–H and O–H groups in total. The molecule has 1 aliphatic rings. The van der Waals surface area contributed by atoms with E-state index in [-0.39, 0.29) is 5.92 Å². The maximum Gasteiger partial charge on any atom is 0.534 e. The first-order valence-electron chi connectivity index (χ1n) is 8.53. The van der Waals surface area contributed by atoms with Gasteiger partial charge in [-0.3, -0.25) is 4.79 Å². The Balaban J connectivity index is 1.82. The number of hydrogen-bond donors (Lipinski definition) is 0. The van der Waals surface area contributed by atoms with Crippen LogP contribution in [0, 0.1) is 5.92 Å². The van der Waals surface area contributed by atoms with E-state index in [9.17, 15) is 26.4 Å². The Hall–Kier alpha value is -2.81. The number of halogens is 3. The van der Waals surface area contributed by atoms with Crippen molar-refractivity contribution in [1.29, 1.82) is 0 Å². The van der Waals surface area contributed by atoms with Crippen molar-refractivity contribution in [3.63, 3.8) is 0 Å². The summed E-state index contributed by atoms with van der Waals surface area (Å²) in [6.45, 7) is 0. The molecule has 5 nitrogen and oxygen atoms in total. The van der Waals surface area contributed by atoms with Crippen molar-refractivity contribution in [3.8, 4) is 5.75 Å². The number of rotatable bonds is 6. The Morgan fingerprint density at radius 1 is 1.10 bits per heavy atom. The zero-order chi connectivity index (χ0) is 21.3. The molecule has 0 spiro atoms. The Kier molecular flexibility index (Phi) is 5.44. The second kappa shape index (κ2) is 7.55. The molecule has 2 aromatic rings. The van der Waals surface area contributed by atoms with Gasteiger partial charge in [-0.15, -0.1) is 0 Å². The van der Waals surface area contributed by atoms with Crippen molar-refractivity contribution < 1.29 is 35.3 Å². The minimum atomic E-state index is -5.76. The molecule has 0 unspecified atom stereocenters. The highest BCUT2D eigenvalue weighted by Crippen LogP contribution is 2.56. The first kappa shape index (κ1) is 20.9. The highest BCUT2D eigenvalue weighted by molar-refractivity contribution is 7.88. The van der Waals surface area contributed by atoms with E-state index in [0.717, 1.165) is 17.7 Å². The van der Waals surface area contributed by atoms with Gasteiger partial charge >= 0.3 is 21.6 Å². The van der Waals surface area contributed by atoms with Crippen molar-refractivity contribution in [3.05, 3.63) is 71.8 Å². The first-order chi connectivity index (χ1) is 13.6. The van der Waals surface area contributed by atoms with Crippen LogP contribution in [0.2, 0.25) is 0 Å². The molecule has 0 aromatic heterocycles. The zero-order valence-corrected chi connectivity index (χ0v) is 16.0. The van der Waals surface area contributed by atoms with Gasteiger partial charge in [-0.25, -0.2) is 0 Å². The van der Waals surface area contributed by atoms with Crippen LogP contribution in [0.5, 0.6) is 5.75 Å².